The Morgan fingerprint density at radius 2 is 1.24 bits per heavy atom. The van der Waals surface area contributed by atoms with Crippen molar-refractivity contribution in [2.24, 2.45) is 0 Å². The molecule has 4 aromatic carbocycles. The summed E-state index contributed by atoms with van der Waals surface area (Å²) in [7, 11) is 3.20. The third-order valence-electron chi connectivity index (χ3n) is 7.91. The predicted octanol–water partition coefficient (Wildman–Crippen LogP) is 5.50. The first-order chi connectivity index (χ1) is 22.4. The number of methoxy groups -OCH3 is 2. The Kier molecular flexibility index (Phi) is 8.66. The Bertz CT molecular complexity index is 1840. The third-order valence-corrected chi connectivity index (χ3v) is 7.91. The van der Waals surface area contributed by atoms with Crippen molar-refractivity contribution in [3.8, 4) is 17.6 Å². The Morgan fingerprint density at radius 1 is 0.761 bits per heavy atom. The van der Waals surface area contributed by atoms with Crippen LogP contribution in [0.3, 0.4) is 0 Å². The van der Waals surface area contributed by atoms with Gasteiger partial charge in [-0.1, -0.05) is 36.4 Å². The van der Waals surface area contributed by atoms with Crippen molar-refractivity contribution in [2.45, 2.75) is 24.4 Å². The average Bonchev–Trinajstić information content (AvgIpc) is 3.67. The standard InChI is InChI=1S/C36H28N2O8/c1-38-30(15-22-5-7-26-17-29(42-3)11-9-24(26)13-22)36(40)46-32-20-44-33-31(19-43-34(32)33)45-35(39)27(18-37)14-21-4-6-25-16-28(41-2)10-8-23(25)12-21/h4-17,31-34H,19-20H2,2-3H3/b27-14+,30-15-/t31-,32+,33+,34+/m0/s1. The largest absolute Gasteiger partial charge is 0.497 e. The summed E-state index contributed by atoms with van der Waals surface area (Å²) in [6, 6.07) is 24.2. The van der Waals surface area contributed by atoms with Gasteiger partial charge < -0.3 is 28.4 Å². The first kappa shape index (κ1) is 30.4. The molecule has 46 heavy (non-hydrogen) atoms. The molecule has 0 unspecified atom stereocenters. The lowest BCUT2D eigenvalue weighted by Gasteiger charge is -2.17. The maximum absolute atomic E-state index is 13.0. The molecule has 2 fully saturated rings. The molecule has 6 rings (SSSR count). The fourth-order valence-electron chi connectivity index (χ4n) is 5.55. The number of benzene rings is 4. The van der Waals surface area contributed by atoms with E-state index < -0.39 is 36.4 Å². The molecule has 10 nitrogen and oxygen atoms in total. The lowest BCUT2D eigenvalue weighted by atomic mass is 10.0. The second-order valence-corrected chi connectivity index (χ2v) is 10.7. The summed E-state index contributed by atoms with van der Waals surface area (Å²) in [6.07, 6.45) is -0.0864. The molecule has 0 radical (unpaired) electrons. The number of fused-ring (bicyclic) bond motifs is 3. The van der Waals surface area contributed by atoms with Crippen molar-refractivity contribution in [3.63, 3.8) is 0 Å². The van der Waals surface area contributed by atoms with Crippen LogP contribution in [0.1, 0.15) is 11.1 Å². The summed E-state index contributed by atoms with van der Waals surface area (Å²) in [5.41, 5.74) is 0.935. The minimum Gasteiger partial charge on any atom is -0.497 e. The maximum Gasteiger partial charge on any atom is 0.349 e. The molecule has 0 bridgehead atoms. The highest BCUT2D eigenvalue weighted by Crippen LogP contribution is 2.32. The van der Waals surface area contributed by atoms with Gasteiger partial charge in [-0.25, -0.2) is 9.64 Å². The zero-order chi connectivity index (χ0) is 32.2. The van der Waals surface area contributed by atoms with Crippen LogP contribution in [0.2, 0.25) is 0 Å². The molecule has 0 aliphatic carbocycles. The fourth-order valence-corrected chi connectivity index (χ4v) is 5.55. The number of hydrogen-bond acceptors (Lipinski definition) is 9. The second-order valence-electron chi connectivity index (χ2n) is 10.7. The number of rotatable bonds is 8. The molecule has 10 heteroatoms. The number of hydrogen-bond donors (Lipinski definition) is 0. The third kappa shape index (κ3) is 6.26. The van der Waals surface area contributed by atoms with Crippen molar-refractivity contribution < 1.29 is 38.0 Å². The molecular weight excluding hydrogens is 588 g/mol. The van der Waals surface area contributed by atoms with E-state index in [1.54, 1.807) is 26.4 Å². The molecule has 0 N–H and O–H groups in total. The quantitative estimate of drug-likeness (QED) is 0.109. The van der Waals surface area contributed by atoms with E-state index in [-0.39, 0.29) is 24.5 Å². The van der Waals surface area contributed by atoms with E-state index in [2.05, 4.69) is 4.85 Å². The molecule has 0 spiro atoms. The van der Waals surface area contributed by atoms with Crippen LogP contribution >= 0.6 is 0 Å². The van der Waals surface area contributed by atoms with Crippen molar-refractivity contribution in [2.75, 3.05) is 27.4 Å². The number of esters is 2. The van der Waals surface area contributed by atoms with Crippen LogP contribution in [0.4, 0.5) is 0 Å². The van der Waals surface area contributed by atoms with E-state index in [1.807, 2.05) is 66.7 Å². The van der Waals surface area contributed by atoms with Crippen LogP contribution in [-0.4, -0.2) is 63.8 Å². The lowest BCUT2D eigenvalue weighted by molar-refractivity contribution is -0.150. The maximum atomic E-state index is 13.0. The number of carbonyl (C=O) groups is 2. The van der Waals surface area contributed by atoms with Crippen molar-refractivity contribution >= 4 is 45.6 Å². The predicted molar refractivity (Wildman–Crippen MR) is 168 cm³/mol. The van der Waals surface area contributed by atoms with Crippen molar-refractivity contribution in [1.82, 2.24) is 0 Å². The highest BCUT2D eigenvalue weighted by atomic mass is 16.7. The van der Waals surface area contributed by atoms with E-state index in [0.29, 0.717) is 11.1 Å². The summed E-state index contributed by atoms with van der Waals surface area (Å²) >= 11 is 0. The molecule has 230 valence electrons. The van der Waals surface area contributed by atoms with Gasteiger partial charge in [0.15, 0.2) is 12.2 Å². The molecule has 2 heterocycles. The lowest BCUT2D eigenvalue weighted by Crippen LogP contribution is -2.36. The van der Waals surface area contributed by atoms with Gasteiger partial charge in [-0.2, -0.15) is 5.26 Å². The van der Waals surface area contributed by atoms with Gasteiger partial charge in [0.1, 0.15) is 35.3 Å². The topological polar surface area (TPSA) is 118 Å². The normalized spacial score (nSPS) is 20.9. The van der Waals surface area contributed by atoms with E-state index in [9.17, 15) is 14.9 Å². The van der Waals surface area contributed by atoms with E-state index in [1.165, 1.54) is 12.2 Å². The Balaban J connectivity index is 1.09. The summed E-state index contributed by atoms with van der Waals surface area (Å²) < 4.78 is 33.4. The zero-order valence-electron chi connectivity index (χ0n) is 25.0. The van der Waals surface area contributed by atoms with Crippen LogP contribution in [0.5, 0.6) is 11.5 Å². The highest BCUT2D eigenvalue weighted by Gasteiger charge is 2.51. The summed E-state index contributed by atoms with van der Waals surface area (Å²) in [6.45, 7) is 7.56. The Morgan fingerprint density at radius 3 is 1.74 bits per heavy atom. The fraction of sp³-hybridized carbons (Fsp3) is 0.222. The van der Waals surface area contributed by atoms with Crippen LogP contribution in [-0.2, 0) is 28.5 Å². The smallest absolute Gasteiger partial charge is 0.349 e. The second kappa shape index (κ2) is 13.1. The SMILES string of the molecule is [C-]#[N+]/C(=C\c1ccc2cc(OC)ccc2c1)C(=O)O[C@@H]1CO[C@H]2[C@@H]1OC[C@@H]2OC(=O)/C(C#N)=C/c1ccc2cc(OC)ccc2c1. The van der Waals surface area contributed by atoms with Gasteiger partial charge in [0, 0.05) is 0 Å². The minimum atomic E-state index is -0.817. The molecular formula is C36H28N2O8. The summed E-state index contributed by atoms with van der Waals surface area (Å²) in [4.78, 5) is 29.3. The molecule has 0 amide bonds. The molecule has 4 atom stereocenters. The monoisotopic (exact) mass is 616 g/mol. The molecule has 2 aliphatic heterocycles. The van der Waals surface area contributed by atoms with Gasteiger partial charge >= 0.3 is 11.9 Å². The van der Waals surface area contributed by atoms with E-state index >= 15 is 0 Å². The van der Waals surface area contributed by atoms with Gasteiger partial charge in [-0.05, 0) is 81.2 Å². The molecule has 0 saturated carbocycles. The van der Waals surface area contributed by atoms with E-state index in [4.69, 9.17) is 35.0 Å². The average molecular weight is 617 g/mol. The van der Waals surface area contributed by atoms with E-state index in [0.717, 1.165) is 33.0 Å². The van der Waals surface area contributed by atoms with Crippen LogP contribution < -0.4 is 9.47 Å². The van der Waals surface area contributed by atoms with Crippen LogP contribution in [0, 0.1) is 17.9 Å². The summed E-state index contributed by atoms with van der Waals surface area (Å²) in [5, 5.41) is 13.5. The number of nitrogens with zero attached hydrogens (tertiary/aromatic N) is 2. The molecule has 2 saturated heterocycles. The highest BCUT2D eigenvalue weighted by molar-refractivity contribution is 5.99. The first-order valence-electron chi connectivity index (χ1n) is 14.4. The Hall–Kier alpha value is -5.68. The number of ether oxygens (including phenoxy) is 6. The number of nitriles is 1. The van der Waals surface area contributed by atoms with Gasteiger partial charge in [-0.3, -0.25) is 4.79 Å². The van der Waals surface area contributed by atoms with Crippen LogP contribution in [0.25, 0.3) is 38.5 Å². The zero-order valence-corrected chi connectivity index (χ0v) is 25.0. The molecule has 2 aliphatic rings. The molecule has 0 aromatic heterocycles. The van der Waals surface area contributed by atoms with Crippen molar-refractivity contribution in [1.29, 1.82) is 5.26 Å². The molecule has 4 aromatic rings. The van der Waals surface area contributed by atoms with Gasteiger partial charge in [0.05, 0.1) is 34.0 Å². The van der Waals surface area contributed by atoms with Crippen molar-refractivity contribution in [3.05, 3.63) is 107 Å². The summed E-state index contributed by atoms with van der Waals surface area (Å²) in [5.74, 6) is -0.171. The first-order valence-corrected chi connectivity index (χ1v) is 14.4. The van der Waals surface area contributed by atoms with Crippen LogP contribution in [0.15, 0.2) is 84.1 Å². The van der Waals surface area contributed by atoms with Gasteiger partial charge in [0.2, 0.25) is 0 Å². The minimum absolute atomic E-state index is 0.000961. The van der Waals surface area contributed by atoms with Gasteiger partial charge in [0.25, 0.3) is 5.70 Å². The number of carbonyl (C=O) groups excluding carboxylic acids is 2. The Labute approximate surface area is 264 Å². The van der Waals surface area contributed by atoms with Gasteiger partial charge in [-0.15, -0.1) is 0 Å².